The average Bonchev–Trinajstić information content (AvgIpc) is 3.09. The van der Waals surface area contributed by atoms with Crippen LogP contribution in [0.3, 0.4) is 0 Å². The van der Waals surface area contributed by atoms with Crippen LogP contribution < -0.4 is 5.32 Å². The Balaban J connectivity index is 1.76. The van der Waals surface area contributed by atoms with Crippen LogP contribution in [-0.4, -0.2) is 10.9 Å². The lowest BCUT2D eigenvalue weighted by atomic mass is 10.2. The summed E-state index contributed by atoms with van der Waals surface area (Å²) in [5.41, 5.74) is 1.52. The molecule has 1 aromatic carbocycles. The molecule has 106 valence electrons. The van der Waals surface area contributed by atoms with Crippen molar-refractivity contribution in [2.75, 3.05) is 5.32 Å². The number of nitrogens with zero attached hydrogens (tertiary/aromatic N) is 1. The summed E-state index contributed by atoms with van der Waals surface area (Å²) in [6.45, 7) is 0. The van der Waals surface area contributed by atoms with E-state index >= 15 is 0 Å². The van der Waals surface area contributed by atoms with Crippen LogP contribution in [-0.2, 0) is 0 Å². The fourth-order valence-electron chi connectivity index (χ4n) is 1.68. The summed E-state index contributed by atoms with van der Waals surface area (Å²) in [5.74, 6) is -0.475. The summed E-state index contributed by atoms with van der Waals surface area (Å²) in [4.78, 5) is 17.0. The molecule has 0 saturated heterocycles. The number of carbonyl (C=O) groups is 1. The van der Waals surface area contributed by atoms with Gasteiger partial charge >= 0.3 is 0 Å². The Labute approximate surface area is 136 Å². The number of hydrogen-bond donors (Lipinski definition) is 1. The van der Waals surface area contributed by atoms with E-state index < -0.39 is 0 Å². The van der Waals surface area contributed by atoms with Crippen molar-refractivity contribution >= 4 is 49.6 Å². The number of carbonyl (C=O) groups excluding carboxylic acids is 1. The van der Waals surface area contributed by atoms with Crippen LogP contribution in [0.2, 0.25) is 0 Å². The first-order valence-electron chi connectivity index (χ1n) is 5.90. The molecule has 0 bridgehead atoms. The van der Waals surface area contributed by atoms with Crippen LogP contribution >= 0.6 is 38.6 Å². The molecular formula is C14H8BrFN2OS2. The van der Waals surface area contributed by atoms with Gasteiger partial charge in [0.2, 0.25) is 0 Å². The van der Waals surface area contributed by atoms with Crippen molar-refractivity contribution in [1.82, 2.24) is 4.98 Å². The van der Waals surface area contributed by atoms with Crippen molar-refractivity contribution in [3.8, 4) is 11.3 Å². The van der Waals surface area contributed by atoms with E-state index in [9.17, 15) is 9.18 Å². The Morgan fingerprint density at radius 3 is 2.62 bits per heavy atom. The van der Waals surface area contributed by atoms with Crippen LogP contribution in [0.1, 0.15) is 9.67 Å². The average molecular weight is 383 g/mol. The smallest absolute Gasteiger partial charge is 0.267 e. The fraction of sp³-hybridized carbons (Fsp3) is 0. The van der Waals surface area contributed by atoms with E-state index in [4.69, 9.17) is 0 Å². The predicted molar refractivity (Wildman–Crippen MR) is 87.5 cm³/mol. The number of anilines is 1. The van der Waals surface area contributed by atoms with E-state index in [2.05, 4.69) is 26.2 Å². The quantitative estimate of drug-likeness (QED) is 0.690. The lowest BCUT2D eigenvalue weighted by Gasteiger charge is -1.98. The highest BCUT2D eigenvalue weighted by Gasteiger charge is 2.11. The second kappa shape index (κ2) is 6.05. The van der Waals surface area contributed by atoms with Crippen molar-refractivity contribution in [1.29, 1.82) is 0 Å². The first-order chi connectivity index (χ1) is 10.1. The molecule has 0 spiro atoms. The number of thiophene rings is 1. The van der Waals surface area contributed by atoms with Crippen molar-refractivity contribution < 1.29 is 9.18 Å². The minimum absolute atomic E-state index is 0.189. The summed E-state index contributed by atoms with van der Waals surface area (Å²) in [5, 5.41) is 5.10. The first kappa shape index (κ1) is 14.4. The van der Waals surface area contributed by atoms with Gasteiger partial charge in [-0.3, -0.25) is 10.1 Å². The fourth-order valence-corrected chi connectivity index (χ4v) is 3.68. The molecule has 3 nitrogen and oxygen atoms in total. The molecule has 1 N–H and O–H groups in total. The van der Waals surface area contributed by atoms with Crippen LogP contribution in [0.5, 0.6) is 0 Å². The van der Waals surface area contributed by atoms with E-state index in [1.165, 1.54) is 34.8 Å². The van der Waals surface area contributed by atoms with E-state index in [0.717, 1.165) is 9.35 Å². The van der Waals surface area contributed by atoms with Gasteiger partial charge < -0.3 is 0 Å². The number of thiazole rings is 1. The lowest BCUT2D eigenvalue weighted by molar-refractivity contribution is 0.103. The third-order valence-corrected chi connectivity index (χ3v) is 5.04. The number of amides is 1. The minimum Gasteiger partial charge on any atom is -0.297 e. The van der Waals surface area contributed by atoms with E-state index in [1.54, 1.807) is 18.2 Å². The normalized spacial score (nSPS) is 10.6. The number of benzene rings is 1. The monoisotopic (exact) mass is 382 g/mol. The Kier molecular flexibility index (Phi) is 4.14. The molecule has 0 aliphatic heterocycles. The molecule has 2 heterocycles. The van der Waals surface area contributed by atoms with E-state index in [-0.39, 0.29) is 11.7 Å². The summed E-state index contributed by atoms with van der Waals surface area (Å²) in [6.07, 6.45) is 0. The lowest BCUT2D eigenvalue weighted by Crippen LogP contribution is -2.09. The summed E-state index contributed by atoms with van der Waals surface area (Å²) < 4.78 is 13.8. The molecule has 7 heteroatoms. The second-order valence-corrected chi connectivity index (χ2v) is 7.42. The molecule has 0 aliphatic carbocycles. The van der Waals surface area contributed by atoms with Crippen LogP contribution in [0.4, 0.5) is 9.52 Å². The third kappa shape index (κ3) is 3.37. The number of hydrogen-bond acceptors (Lipinski definition) is 4. The highest BCUT2D eigenvalue weighted by Crippen LogP contribution is 2.27. The topological polar surface area (TPSA) is 42.0 Å². The molecule has 0 aliphatic rings. The highest BCUT2D eigenvalue weighted by molar-refractivity contribution is 9.11. The molecule has 0 atom stereocenters. The summed E-state index contributed by atoms with van der Waals surface area (Å²) >= 11 is 6.02. The van der Waals surface area contributed by atoms with E-state index in [0.29, 0.717) is 15.7 Å². The van der Waals surface area contributed by atoms with Gasteiger partial charge in [0.05, 0.1) is 14.4 Å². The Bertz CT molecular complexity index is 782. The molecule has 0 saturated carbocycles. The van der Waals surface area contributed by atoms with Crippen LogP contribution in [0.15, 0.2) is 45.6 Å². The molecule has 3 aromatic rings. The molecule has 2 aromatic heterocycles. The maximum Gasteiger partial charge on any atom is 0.267 e. The van der Waals surface area contributed by atoms with Crippen LogP contribution in [0, 0.1) is 5.82 Å². The maximum atomic E-state index is 12.9. The van der Waals surface area contributed by atoms with Gasteiger partial charge in [0.1, 0.15) is 5.82 Å². The standard InChI is InChI=1S/C14H8BrFN2OS2/c15-12-6-5-11(21-12)13(19)18-14-17-10(7-20-14)8-1-3-9(16)4-2-8/h1-7H,(H,17,18,19). The number of aromatic nitrogens is 1. The molecule has 0 fully saturated rings. The molecule has 1 amide bonds. The molecule has 3 rings (SSSR count). The van der Waals surface area contributed by atoms with Gasteiger partial charge in [0, 0.05) is 10.9 Å². The Morgan fingerprint density at radius 1 is 1.19 bits per heavy atom. The van der Waals surface area contributed by atoms with Crippen molar-refractivity contribution in [3.63, 3.8) is 0 Å². The van der Waals surface area contributed by atoms with Crippen LogP contribution in [0.25, 0.3) is 11.3 Å². The zero-order chi connectivity index (χ0) is 14.8. The first-order valence-corrected chi connectivity index (χ1v) is 8.39. The maximum absolute atomic E-state index is 12.9. The van der Waals surface area contributed by atoms with Gasteiger partial charge in [0.25, 0.3) is 5.91 Å². The van der Waals surface area contributed by atoms with Gasteiger partial charge in [-0.25, -0.2) is 9.37 Å². The van der Waals surface area contributed by atoms with Gasteiger partial charge in [-0.2, -0.15) is 0 Å². The van der Waals surface area contributed by atoms with Crippen molar-refractivity contribution in [2.45, 2.75) is 0 Å². The number of nitrogens with one attached hydrogen (secondary N) is 1. The largest absolute Gasteiger partial charge is 0.297 e. The Hall–Kier alpha value is -1.57. The van der Waals surface area contributed by atoms with E-state index in [1.807, 2.05) is 11.4 Å². The zero-order valence-electron chi connectivity index (χ0n) is 10.5. The third-order valence-electron chi connectivity index (χ3n) is 2.66. The van der Waals surface area contributed by atoms with Crippen molar-refractivity contribution in [2.24, 2.45) is 0 Å². The van der Waals surface area contributed by atoms with Gasteiger partial charge in [-0.15, -0.1) is 22.7 Å². The molecular weight excluding hydrogens is 375 g/mol. The SMILES string of the molecule is O=C(Nc1nc(-c2ccc(F)cc2)cs1)c1ccc(Br)s1. The number of rotatable bonds is 3. The summed E-state index contributed by atoms with van der Waals surface area (Å²) in [6, 6.07) is 9.66. The minimum atomic E-state index is -0.286. The zero-order valence-corrected chi connectivity index (χ0v) is 13.7. The molecule has 21 heavy (non-hydrogen) atoms. The van der Waals surface area contributed by atoms with Gasteiger partial charge in [0.15, 0.2) is 5.13 Å². The summed E-state index contributed by atoms with van der Waals surface area (Å²) in [7, 11) is 0. The predicted octanol–water partition coefficient (Wildman–Crippen LogP) is 5.03. The highest BCUT2D eigenvalue weighted by atomic mass is 79.9. The van der Waals surface area contributed by atoms with Gasteiger partial charge in [-0.05, 0) is 52.3 Å². The molecule has 0 unspecified atom stereocenters. The number of halogens is 2. The molecule has 0 radical (unpaired) electrons. The Morgan fingerprint density at radius 2 is 1.95 bits per heavy atom. The van der Waals surface area contributed by atoms with Crippen molar-refractivity contribution in [3.05, 3.63) is 56.3 Å². The second-order valence-electron chi connectivity index (χ2n) is 4.10. The van der Waals surface area contributed by atoms with Gasteiger partial charge in [-0.1, -0.05) is 0 Å².